The lowest BCUT2D eigenvalue weighted by atomic mass is 9.62. The second kappa shape index (κ2) is 8.63. The van der Waals surface area contributed by atoms with Crippen LogP contribution in [0.25, 0.3) is 0 Å². The Balaban J connectivity index is 1.71. The molecule has 4 atom stereocenters. The number of carbonyl (C=O) groups is 2. The van der Waals surface area contributed by atoms with Gasteiger partial charge >= 0.3 is 12.1 Å². The van der Waals surface area contributed by atoms with Crippen molar-refractivity contribution in [2.75, 3.05) is 26.8 Å². The third-order valence-corrected chi connectivity index (χ3v) is 7.22. The van der Waals surface area contributed by atoms with E-state index < -0.39 is 28.8 Å². The molecule has 8 nitrogen and oxygen atoms in total. The standard InChI is InChI=1S/C26H37NO7/c1-8-31-22(28)26-12-13-27(23(29)34-24(2,3)4)15-19(26)32-20-16-10-9-11-18(30-7)21(16)33-25(5,6)17(20)14-26/h9-11,17,19-20H,8,12-15H2,1-7H3/t17-,19-,20+,26+/m1/s1. The van der Waals surface area contributed by atoms with Crippen LogP contribution in [0.1, 0.15) is 66.1 Å². The number of rotatable bonds is 3. The Hall–Kier alpha value is -2.48. The smallest absolute Gasteiger partial charge is 0.410 e. The fourth-order valence-electron chi connectivity index (χ4n) is 5.49. The largest absolute Gasteiger partial charge is 0.493 e. The second-order valence-corrected chi connectivity index (χ2v) is 11.0. The van der Waals surface area contributed by atoms with E-state index in [0.29, 0.717) is 30.9 Å². The lowest BCUT2D eigenvalue weighted by Gasteiger charge is -2.57. The van der Waals surface area contributed by atoms with Gasteiger partial charge in [-0.1, -0.05) is 12.1 Å². The minimum atomic E-state index is -0.854. The molecule has 0 aromatic heterocycles. The number of fused-ring (bicyclic) bond motifs is 4. The molecule has 1 aromatic carbocycles. The maximum Gasteiger partial charge on any atom is 0.410 e. The third-order valence-electron chi connectivity index (χ3n) is 7.22. The van der Waals surface area contributed by atoms with Crippen LogP contribution in [0.5, 0.6) is 11.5 Å². The van der Waals surface area contributed by atoms with E-state index in [1.165, 1.54) is 0 Å². The van der Waals surface area contributed by atoms with Gasteiger partial charge in [-0.05, 0) is 60.5 Å². The van der Waals surface area contributed by atoms with Crippen LogP contribution in [-0.4, -0.2) is 61.1 Å². The van der Waals surface area contributed by atoms with E-state index in [4.69, 9.17) is 23.7 Å². The molecule has 3 aliphatic rings. The molecule has 0 bridgehead atoms. The normalized spacial score (nSPS) is 29.6. The Kier molecular flexibility index (Phi) is 6.25. The van der Waals surface area contributed by atoms with E-state index in [1.54, 1.807) is 12.0 Å². The number of benzene rings is 1. The van der Waals surface area contributed by atoms with Crippen LogP contribution >= 0.6 is 0 Å². The zero-order chi connectivity index (χ0) is 24.9. The molecule has 4 rings (SSSR count). The Bertz CT molecular complexity index is 953. The molecule has 0 aliphatic carbocycles. The summed E-state index contributed by atoms with van der Waals surface area (Å²) >= 11 is 0. The van der Waals surface area contributed by atoms with Gasteiger partial charge in [0.25, 0.3) is 0 Å². The fraction of sp³-hybridized carbons (Fsp3) is 0.692. The minimum absolute atomic E-state index is 0.0826. The van der Waals surface area contributed by atoms with Crippen molar-refractivity contribution in [3.05, 3.63) is 23.8 Å². The van der Waals surface area contributed by atoms with Crippen LogP contribution in [0.15, 0.2) is 18.2 Å². The highest BCUT2D eigenvalue weighted by atomic mass is 16.6. The van der Waals surface area contributed by atoms with Gasteiger partial charge in [0, 0.05) is 18.0 Å². The summed E-state index contributed by atoms with van der Waals surface area (Å²) in [5, 5.41) is 0. The minimum Gasteiger partial charge on any atom is -0.493 e. The summed E-state index contributed by atoms with van der Waals surface area (Å²) in [5.41, 5.74) is -1.16. The van der Waals surface area contributed by atoms with Gasteiger partial charge in [0.1, 0.15) is 11.2 Å². The Morgan fingerprint density at radius 1 is 1.24 bits per heavy atom. The van der Waals surface area contributed by atoms with Gasteiger partial charge in [0.05, 0.1) is 37.9 Å². The van der Waals surface area contributed by atoms with Crippen molar-refractivity contribution in [1.29, 1.82) is 0 Å². The molecule has 3 aliphatic heterocycles. The average Bonchev–Trinajstić information content (AvgIpc) is 2.76. The highest BCUT2D eigenvalue weighted by Crippen LogP contribution is 2.58. The molecule has 0 radical (unpaired) electrons. The Labute approximate surface area is 201 Å². The molecule has 34 heavy (non-hydrogen) atoms. The summed E-state index contributed by atoms with van der Waals surface area (Å²) in [6.07, 6.45) is -0.237. The molecule has 2 fully saturated rings. The molecular weight excluding hydrogens is 438 g/mol. The SMILES string of the molecule is CCOC(=O)[C@]12CCN(C(=O)OC(C)(C)C)C[C@H]1O[C@H]1c3cccc(OC)c3OC(C)(C)[C@@H]1C2. The van der Waals surface area contributed by atoms with Gasteiger partial charge in [-0.3, -0.25) is 4.79 Å². The number of methoxy groups -OCH3 is 1. The van der Waals surface area contributed by atoms with Crippen LogP contribution in [-0.2, 0) is 19.0 Å². The number of carbonyl (C=O) groups excluding carboxylic acids is 2. The maximum atomic E-state index is 13.4. The van der Waals surface area contributed by atoms with Crippen LogP contribution in [0.3, 0.4) is 0 Å². The summed E-state index contributed by atoms with van der Waals surface area (Å²) in [7, 11) is 1.62. The van der Waals surface area contributed by atoms with Crippen molar-refractivity contribution in [1.82, 2.24) is 4.90 Å². The Morgan fingerprint density at radius 2 is 1.97 bits per heavy atom. The van der Waals surface area contributed by atoms with E-state index in [9.17, 15) is 9.59 Å². The summed E-state index contributed by atoms with van der Waals surface area (Å²) in [6.45, 7) is 12.3. The zero-order valence-electron chi connectivity index (χ0n) is 21.3. The summed E-state index contributed by atoms with van der Waals surface area (Å²) in [6, 6.07) is 5.77. The molecule has 3 heterocycles. The summed E-state index contributed by atoms with van der Waals surface area (Å²) < 4.78 is 29.9. The number of nitrogens with zero attached hydrogens (tertiary/aromatic N) is 1. The van der Waals surface area contributed by atoms with Crippen molar-refractivity contribution in [3.63, 3.8) is 0 Å². The van der Waals surface area contributed by atoms with E-state index in [-0.39, 0.29) is 31.1 Å². The van der Waals surface area contributed by atoms with E-state index >= 15 is 0 Å². The van der Waals surface area contributed by atoms with Crippen molar-refractivity contribution < 1.29 is 33.3 Å². The molecule has 8 heteroatoms. The average molecular weight is 476 g/mol. The van der Waals surface area contributed by atoms with Gasteiger partial charge in [-0.25, -0.2) is 4.79 Å². The number of para-hydroxylation sites is 1. The van der Waals surface area contributed by atoms with Gasteiger partial charge in [-0.2, -0.15) is 0 Å². The van der Waals surface area contributed by atoms with Crippen LogP contribution in [0.4, 0.5) is 4.79 Å². The number of hydrogen-bond donors (Lipinski definition) is 0. The van der Waals surface area contributed by atoms with E-state index in [1.807, 2.05) is 59.7 Å². The third kappa shape index (κ3) is 4.21. The first-order chi connectivity index (χ1) is 15.9. The van der Waals surface area contributed by atoms with Gasteiger partial charge in [0.2, 0.25) is 0 Å². The highest BCUT2D eigenvalue weighted by Gasteiger charge is 2.62. The molecule has 188 valence electrons. The zero-order valence-corrected chi connectivity index (χ0v) is 21.3. The predicted molar refractivity (Wildman–Crippen MR) is 125 cm³/mol. The van der Waals surface area contributed by atoms with Crippen molar-refractivity contribution in [2.45, 2.75) is 77.8 Å². The predicted octanol–water partition coefficient (Wildman–Crippen LogP) is 4.50. The number of likely N-dealkylation sites (tertiary alicyclic amines) is 1. The maximum absolute atomic E-state index is 13.4. The topological polar surface area (TPSA) is 83.5 Å². The summed E-state index contributed by atoms with van der Waals surface area (Å²) in [5.74, 6) is 0.962. The molecule has 1 aromatic rings. The molecule has 1 amide bonds. The highest BCUT2D eigenvalue weighted by molar-refractivity contribution is 5.79. The number of hydrogen-bond acceptors (Lipinski definition) is 7. The fourth-order valence-corrected chi connectivity index (χ4v) is 5.49. The number of esters is 1. The van der Waals surface area contributed by atoms with E-state index in [0.717, 1.165) is 5.56 Å². The molecule has 0 saturated carbocycles. The van der Waals surface area contributed by atoms with Gasteiger partial charge < -0.3 is 28.6 Å². The lowest BCUT2D eigenvalue weighted by molar-refractivity contribution is -0.230. The lowest BCUT2D eigenvalue weighted by Crippen LogP contribution is -2.64. The van der Waals surface area contributed by atoms with Crippen molar-refractivity contribution in [3.8, 4) is 11.5 Å². The van der Waals surface area contributed by atoms with Crippen molar-refractivity contribution >= 4 is 12.1 Å². The first-order valence-corrected chi connectivity index (χ1v) is 12.1. The second-order valence-electron chi connectivity index (χ2n) is 11.0. The Morgan fingerprint density at radius 3 is 2.62 bits per heavy atom. The first kappa shape index (κ1) is 24.6. The van der Waals surface area contributed by atoms with Crippen LogP contribution < -0.4 is 9.47 Å². The number of piperidine rings is 1. The molecular formula is C26H37NO7. The molecule has 0 unspecified atom stereocenters. The van der Waals surface area contributed by atoms with Gasteiger partial charge in [-0.15, -0.1) is 0 Å². The van der Waals surface area contributed by atoms with Crippen LogP contribution in [0.2, 0.25) is 0 Å². The van der Waals surface area contributed by atoms with Gasteiger partial charge in [0.15, 0.2) is 11.5 Å². The molecule has 0 N–H and O–H groups in total. The monoisotopic (exact) mass is 475 g/mol. The molecule has 2 saturated heterocycles. The van der Waals surface area contributed by atoms with Crippen molar-refractivity contribution in [2.24, 2.45) is 11.3 Å². The van der Waals surface area contributed by atoms with E-state index in [2.05, 4.69) is 0 Å². The number of amides is 1. The first-order valence-electron chi connectivity index (χ1n) is 12.1. The van der Waals surface area contributed by atoms with Crippen LogP contribution in [0, 0.1) is 11.3 Å². The quantitative estimate of drug-likeness (QED) is 0.595. The summed E-state index contributed by atoms with van der Waals surface area (Å²) in [4.78, 5) is 27.9. The number of ether oxygens (including phenoxy) is 5. The molecule has 0 spiro atoms.